The number of halogens is 2. The van der Waals surface area contributed by atoms with Crippen LogP contribution in [0.15, 0.2) is 36.5 Å². The number of carbonyl (C=O) groups excluding carboxylic acids is 2. The summed E-state index contributed by atoms with van der Waals surface area (Å²) in [6.45, 7) is 0.725. The molecule has 2 aromatic heterocycles. The van der Waals surface area contributed by atoms with Crippen molar-refractivity contribution in [1.29, 1.82) is 0 Å². The fourth-order valence-electron chi connectivity index (χ4n) is 3.72. The molecule has 2 amide bonds. The molecule has 4 rings (SSSR count). The Balaban J connectivity index is 1.54. The van der Waals surface area contributed by atoms with Gasteiger partial charge in [-0.05, 0) is 43.0 Å². The molecule has 1 aliphatic heterocycles. The van der Waals surface area contributed by atoms with E-state index in [2.05, 4.69) is 15.7 Å². The van der Waals surface area contributed by atoms with Crippen LogP contribution < -0.4 is 10.6 Å². The molecule has 0 fully saturated rings. The number of amides is 2. The predicted octanol–water partition coefficient (Wildman–Crippen LogP) is 4.05. The largest absolute Gasteiger partial charge is 0.447 e. The van der Waals surface area contributed by atoms with Gasteiger partial charge in [0.05, 0.1) is 27.8 Å². The minimum atomic E-state index is -0.603. The first-order valence-corrected chi connectivity index (χ1v) is 11.4. The molecular formula is C22H22ClFN4O3S. The smallest absolute Gasteiger partial charge is 0.406 e. The van der Waals surface area contributed by atoms with Gasteiger partial charge >= 0.3 is 6.09 Å². The second-order valence-electron chi connectivity index (χ2n) is 7.47. The molecule has 0 saturated carbocycles. The van der Waals surface area contributed by atoms with Crippen LogP contribution in [0, 0.1) is 5.82 Å². The average molecular weight is 477 g/mol. The molecule has 2 N–H and O–H groups in total. The van der Waals surface area contributed by atoms with E-state index >= 15 is 0 Å². The Hall–Kier alpha value is -2.91. The second-order valence-corrected chi connectivity index (χ2v) is 9.01. The summed E-state index contributed by atoms with van der Waals surface area (Å²) in [4.78, 5) is 26.2. The topological polar surface area (TPSA) is 85.3 Å². The van der Waals surface area contributed by atoms with Crippen LogP contribution in [-0.2, 0) is 24.1 Å². The molecule has 168 valence electrons. The number of ether oxygens (including phenoxy) is 1. The fraction of sp³-hybridized carbons (Fsp3) is 0.318. The van der Waals surface area contributed by atoms with Crippen LogP contribution in [0.2, 0.25) is 5.02 Å². The second kappa shape index (κ2) is 9.70. The third kappa shape index (κ3) is 4.94. The van der Waals surface area contributed by atoms with E-state index in [1.54, 1.807) is 18.3 Å². The summed E-state index contributed by atoms with van der Waals surface area (Å²) in [5, 5.41) is 10.2. The van der Waals surface area contributed by atoms with Gasteiger partial charge in [-0.1, -0.05) is 23.7 Å². The van der Waals surface area contributed by atoms with Gasteiger partial charge in [0.2, 0.25) is 0 Å². The number of aromatic nitrogens is 2. The molecular weight excluding hydrogens is 455 g/mol. The quantitative estimate of drug-likeness (QED) is 0.562. The Kier molecular flexibility index (Phi) is 6.76. The minimum Gasteiger partial charge on any atom is -0.447 e. The van der Waals surface area contributed by atoms with E-state index in [1.807, 2.05) is 10.7 Å². The third-order valence-corrected chi connectivity index (χ3v) is 6.65. The highest BCUT2D eigenvalue weighted by Crippen LogP contribution is 2.38. The zero-order valence-electron chi connectivity index (χ0n) is 17.4. The van der Waals surface area contributed by atoms with Crippen LogP contribution in [0.4, 0.5) is 9.18 Å². The van der Waals surface area contributed by atoms with Crippen molar-refractivity contribution in [1.82, 2.24) is 20.4 Å². The van der Waals surface area contributed by atoms with Gasteiger partial charge in [0.1, 0.15) is 12.4 Å². The first-order chi connectivity index (χ1) is 15.4. The van der Waals surface area contributed by atoms with Crippen molar-refractivity contribution in [3.05, 3.63) is 62.7 Å². The Bertz CT molecular complexity index is 1150. The highest BCUT2D eigenvalue weighted by molar-refractivity contribution is 7.14. The van der Waals surface area contributed by atoms with Gasteiger partial charge in [-0.3, -0.25) is 9.48 Å². The monoisotopic (exact) mass is 476 g/mol. The van der Waals surface area contributed by atoms with Gasteiger partial charge in [-0.25, -0.2) is 9.18 Å². The summed E-state index contributed by atoms with van der Waals surface area (Å²) in [5.41, 5.74) is 2.44. The van der Waals surface area contributed by atoms with Crippen LogP contribution in [0.25, 0.3) is 11.3 Å². The van der Waals surface area contributed by atoms with Crippen molar-refractivity contribution in [3.63, 3.8) is 0 Å². The maximum absolute atomic E-state index is 13.6. The van der Waals surface area contributed by atoms with E-state index in [0.717, 1.165) is 35.5 Å². The van der Waals surface area contributed by atoms with Crippen LogP contribution in [0.5, 0.6) is 0 Å². The number of benzene rings is 1. The van der Waals surface area contributed by atoms with Gasteiger partial charge in [0.15, 0.2) is 0 Å². The number of hydrogen-bond donors (Lipinski definition) is 2. The summed E-state index contributed by atoms with van der Waals surface area (Å²) >= 11 is 7.77. The molecule has 1 aromatic carbocycles. The summed E-state index contributed by atoms with van der Waals surface area (Å²) in [6.07, 6.45) is 3.06. The fourth-order valence-corrected chi connectivity index (χ4v) is 5.07. The number of fused-ring (bicyclic) bond motifs is 3. The molecule has 32 heavy (non-hydrogen) atoms. The van der Waals surface area contributed by atoms with Gasteiger partial charge in [0, 0.05) is 24.0 Å². The third-order valence-electron chi connectivity index (χ3n) is 5.18. The SMILES string of the molecule is CNC(=O)OCC(Cc1cccc(F)c1)NC(=O)c1cc2c(s1)CCCn1ncc(Cl)c1-2. The number of rotatable bonds is 6. The number of hydrogen-bond acceptors (Lipinski definition) is 5. The van der Waals surface area contributed by atoms with E-state index < -0.39 is 12.1 Å². The molecule has 1 unspecified atom stereocenters. The number of aryl methyl sites for hydroxylation is 2. The molecule has 1 atom stereocenters. The van der Waals surface area contributed by atoms with E-state index in [0.29, 0.717) is 21.9 Å². The van der Waals surface area contributed by atoms with Crippen molar-refractivity contribution in [2.75, 3.05) is 13.7 Å². The number of thiophene rings is 1. The minimum absolute atomic E-state index is 0.0500. The molecule has 0 saturated heterocycles. The molecule has 1 aliphatic rings. The lowest BCUT2D eigenvalue weighted by atomic mass is 10.1. The lowest BCUT2D eigenvalue weighted by molar-refractivity contribution is 0.0898. The maximum Gasteiger partial charge on any atom is 0.406 e. The van der Waals surface area contributed by atoms with Gasteiger partial charge in [0.25, 0.3) is 5.91 Å². The molecule has 0 radical (unpaired) electrons. The Morgan fingerprint density at radius 2 is 2.22 bits per heavy atom. The average Bonchev–Trinajstić information content (AvgIpc) is 3.30. The summed E-state index contributed by atoms with van der Waals surface area (Å²) in [6, 6.07) is 7.42. The molecule has 0 aliphatic carbocycles. The van der Waals surface area contributed by atoms with E-state index in [9.17, 15) is 14.0 Å². The summed E-state index contributed by atoms with van der Waals surface area (Å²) < 4.78 is 20.6. The molecule has 0 spiro atoms. The Morgan fingerprint density at radius 1 is 1.38 bits per heavy atom. The predicted molar refractivity (Wildman–Crippen MR) is 121 cm³/mol. The van der Waals surface area contributed by atoms with Crippen molar-refractivity contribution >= 4 is 34.9 Å². The Morgan fingerprint density at radius 3 is 3.00 bits per heavy atom. The van der Waals surface area contributed by atoms with Crippen molar-refractivity contribution in [3.8, 4) is 11.3 Å². The normalized spacial score (nSPS) is 13.5. The number of alkyl carbamates (subject to hydrolysis) is 1. The van der Waals surface area contributed by atoms with Crippen LogP contribution >= 0.6 is 22.9 Å². The van der Waals surface area contributed by atoms with E-state index in [1.165, 1.54) is 30.5 Å². The lowest BCUT2D eigenvalue weighted by Crippen LogP contribution is -2.41. The molecule has 3 heterocycles. The van der Waals surface area contributed by atoms with Crippen LogP contribution in [0.3, 0.4) is 0 Å². The molecule has 10 heteroatoms. The van der Waals surface area contributed by atoms with Gasteiger partial charge < -0.3 is 15.4 Å². The summed E-state index contributed by atoms with van der Waals surface area (Å²) in [7, 11) is 1.46. The van der Waals surface area contributed by atoms with Crippen molar-refractivity contribution in [2.45, 2.75) is 31.8 Å². The zero-order chi connectivity index (χ0) is 22.7. The van der Waals surface area contributed by atoms with E-state index in [-0.39, 0.29) is 18.3 Å². The number of nitrogens with zero attached hydrogens (tertiary/aromatic N) is 2. The van der Waals surface area contributed by atoms with Crippen LogP contribution in [-0.4, -0.2) is 41.5 Å². The first-order valence-electron chi connectivity index (χ1n) is 10.2. The van der Waals surface area contributed by atoms with E-state index in [4.69, 9.17) is 16.3 Å². The number of carbonyl (C=O) groups is 2. The number of nitrogens with one attached hydrogen (secondary N) is 2. The van der Waals surface area contributed by atoms with Crippen LogP contribution in [0.1, 0.15) is 26.5 Å². The lowest BCUT2D eigenvalue weighted by Gasteiger charge is -2.18. The summed E-state index contributed by atoms with van der Waals surface area (Å²) in [5.74, 6) is -0.651. The maximum atomic E-state index is 13.6. The molecule has 0 bridgehead atoms. The Labute approximate surface area is 193 Å². The zero-order valence-corrected chi connectivity index (χ0v) is 18.9. The highest BCUT2D eigenvalue weighted by Gasteiger charge is 2.24. The van der Waals surface area contributed by atoms with Crippen molar-refractivity contribution in [2.24, 2.45) is 0 Å². The molecule has 7 nitrogen and oxygen atoms in total. The highest BCUT2D eigenvalue weighted by atomic mass is 35.5. The van der Waals surface area contributed by atoms with Gasteiger partial charge in [-0.2, -0.15) is 5.10 Å². The molecule has 3 aromatic rings. The first kappa shape index (κ1) is 22.3. The van der Waals surface area contributed by atoms with Crippen molar-refractivity contribution < 1.29 is 18.7 Å². The standard InChI is InChI=1S/C22H22ClFN4O3S/c1-25-22(30)31-12-15(9-13-4-2-5-14(24)8-13)27-21(29)19-10-16-18(32-19)6-3-7-28-20(16)17(23)11-26-28/h2,4-5,8,10-11,15H,3,6-7,9,12H2,1H3,(H,25,30)(H,27,29). The van der Waals surface area contributed by atoms with Gasteiger partial charge in [-0.15, -0.1) is 11.3 Å².